The second-order valence-electron chi connectivity index (χ2n) is 4.96. The fourth-order valence-corrected chi connectivity index (χ4v) is 2.10. The number of rotatable bonds is 4. The fraction of sp³-hybridized carbons (Fsp3) is 0.235. The zero-order chi connectivity index (χ0) is 14.7. The maximum Gasteiger partial charge on any atom is 0.166 e. The van der Waals surface area contributed by atoms with E-state index in [4.69, 9.17) is 4.74 Å². The molecular formula is C17H17FO2. The van der Waals surface area contributed by atoms with Gasteiger partial charge in [0, 0.05) is 0 Å². The van der Waals surface area contributed by atoms with Crippen LogP contribution in [-0.4, -0.2) is 5.78 Å². The van der Waals surface area contributed by atoms with Crippen LogP contribution in [0.25, 0.3) is 0 Å². The second kappa shape index (κ2) is 5.87. The van der Waals surface area contributed by atoms with Crippen molar-refractivity contribution < 1.29 is 13.9 Å². The molecule has 0 saturated carbocycles. The van der Waals surface area contributed by atoms with Crippen molar-refractivity contribution in [1.82, 2.24) is 0 Å². The molecule has 0 radical (unpaired) electrons. The van der Waals surface area contributed by atoms with Crippen LogP contribution in [0.5, 0.6) is 11.5 Å². The molecule has 0 N–H and O–H groups in total. The van der Waals surface area contributed by atoms with E-state index in [1.165, 1.54) is 19.1 Å². The van der Waals surface area contributed by atoms with Crippen molar-refractivity contribution >= 4 is 5.78 Å². The topological polar surface area (TPSA) is 26.3 Å². The van der Waals surface area contributed by atoms with Gasteiger partial charge < -0.3 is 4.74 Å². The zero-order valence-electron chi connectivity index (χ0n) is 11.8. The Labute approximate surface area is 118 Å². The van der Waals surface area contributed by atoms with Crippen LogP contribution in [0.2, 0.25) is 0 Å². The van der Waals surface area contributed by atoms with Gasteiger partial charge in [0.2, 0.25) is 0 Å². The lowest BCUT2D eigenvalue weighted by atomic mass is 10.0. The molecule has 0 aromatic heterocycles. The number of carbonyl (C=O) groups is 1. The lowest BCUT2D eigenvalue weighted by molar-refractivity contribution is 0.101. The summed E-state index contributed by atoms with van der Waals surface area (Å²) in [5.74, 6) is 0.277. The van der Waals surface area contributed by atoms with E-state index >= 15 is 0 Å². The first kappa shape index (κ1) is 14.3. The Morgan fingerprint density at radius 1 is 1.05 bits per heavy atom. The van der Waals surface area contributed by atoms with Crippen LogP contribution >= 0.6 is 0 Å². The van der Waals surface area contributed by atoms with E-state index < -0.39 is 5.82 Å². The van der Waals surface area contributed by atoms with Crippen molar-refractivity contribution in [2.45, 2.75) is 26.7 Å². The molecule has 0 saturated heterocycles. The number of hydrogen-bond donors (Lipinski definition) is 0. The Morgan fingerprint density at radius 2 is 1.70 bits per heavy atom. The molecular weight excluding hydrogens is 255 g/mol. The van der Waals surface area contributed by atoms with Gasteiger partial charge in [-0.15, -0.1) is 0 Å². The molecule has 0 aliphatic heterocycles. The highest BCUT2D eigenvalue weighted by molar-refractivity contribution is 5.97. The standard InChI is InChI=1S/C17H17FO2/c1-11(2)13-7-4-5-9-15(13)20-16-10-6-8-14(18)17(16)12(3)19/h4-11H,1-3H3. The summed E-state index contributed by atoms with van der Waals surface area (Å²) in [6.45, 7) is 5.44. The third-order valence-electron chi connectivity index (χ3n) is 3.09. The lowest BCUT2D eigenvalue weighted by Gasteiger charge is -2.15. The van der Waals surface area contributed by atoms with Gasteiger partial charge in [-0.1, -0.05) is 38.1 Å². The largest absolute Gasteiger partial charge is 0.456 e. The Bertz CT molecular complexity index is 633. The molecule has 2 aromatic carbocycles. The minimum Gasteiger partial charge on any atom is -0.456 e. The lowest BCUT2D eigenvalue weighted by Crippen LogP contribution is -2.02. The number of ketones is 1. The van der Waals surface area contributed by atoms with Gasteiger partial charge >= 0.3 is 0 Å². The number of para-hydroxylation sites is 1. The molecule has 2 aromatic rings. The predicted octanol–water partition coefficient (Wildman–Crippen LogP) is 4.94. The van der Waals surface area contributed by atoms with E-state index in [1.54, 1.807) is 6.07 Å². The minimum absolute atomic E-state index is 0.00828. The number of benzene rings is 2. The van der Waals surface area contributed by atoms with E-state index in [0.717, 1.165) is 5.56 Å². The van der Waals surface area contributed by atoms with E-state index in [0.29, 0.717) is 5.75 Å². The molecule has 104 valence electrons. The van der Waals surface area contributed by atoms with Crippen LogP contribution in [0, 0.1) is 5.82 Å². The summed E-state index contributed by atoms with van der Waals surface area (Å²) in [6, 6.07) is 12.0. The third kappa shape index (κ3) is 2.87. The summed E-state index contributed by atoms with van der Waals surface area (Å²) in [5, 5.41) is 0. The Balaban J connectivity index is 2.46. The molecule has 0 bridgehead atoms. The maximum atomic E-state index is 13.8. The summed E-state index contributed by atoms with van der Waals surface area (Å²) in [7, 11) is 0. The van der Waals surface area contributed by atoms with E-state index in [-0.39, 0.29) is 23.0 Å². The second-order valence-corrected chi connectivity index (χ2v) is 4.96. The molecule has 0 fully saturated rings. The first-order valence-electron chi connectivity index (χ1n) is 6.57. The molecule has 0 atom stereocenters. The average Bonchev–Trinajstić information content (AvgIpc) is 2.38. The highest BCUT2D eigenvalue weighted by Crippen LogP contribution is 2.32. The van der Waals surface area contributed by atoms with Crippen molar-refractivity contribution in [2.24, 2.45) is 0 Å². The molecule has 0 spiro atoms. The number of Topliss-reactive ketones (excluding diaryl/α,β-unsaturated/α-hetero) is 1. The molecule has 0 heterocycles. The molecule has 0 amide bonds. The van der Waals surface area contributed by atoms with Gasteiger partial charge in [0.15, 0.2) is 5.78 Å². The number of halogens is 1. The highest BCUT2D eigenvalue weighted by Gasteiger charge is 2.16. The normalized spacial score (nSPS) is 10.7. The number of ether oxygens (including phenoxy) is 1. The third-order valence-corrected chi connectivity index (χ3v) is 3.09. The summed E-state index contributed by atoms with van der Waals surface area (Å²) in [4.78, 5) is 11.6. The minimum atomic E-state index is -0.558. The van der Waals surface area contributed by atoms with Crippen LogP contribution in [0.15, 0.2) is 42.5 Å². The highest BCUT2D eigenvalue weighted by atomic mass is 19.1. The van der Waals surface area contributed by atoms with Crippen LogP contribution < -0.4 is 4.74 Å². The van der Waals surface area contributed by atoms with E-state index in [9.17, 15) is 9.18 Å². The summed E-state index contributed by atoms with van der Waals surface area (Å²) >= 11 is 0. The molecule has 20 heavy (non-hydrogen) atoms. The first-order chi connectivity index (χ1) is 9.50. The quantitative estimate of drug-likeness (QED) is 0.736. The monoisotopic (exact) mass is 272 g/mol. The first-order valence-corrected chi connectivity index (χ1v) is 6.57. The van der Waals surface area contributed by atoms with Crippen LogP contribution in [-0.2, 0) is 0 Å². The van der Waals surface area contributed by atoms with Crippen molar-refractivity contribution in [2.75, 3.05) is 0 Å². The Morgan fingerprint density at radius 3 is 2.35 bits per heavy atom. The van der Waals surface area contributed by atoms with Gasteiger partial charge in [-0.05, 0) is 36.6 Å². The molecule has 0 aliphatic rings. The van der Waals surface area contributed by atoms with Crippen molar-refractivity contribution in [3.63, 3.8) is 0 Å². The van der Waals surface area contributed by atoms with Crippen molar-refractivity contribution in [3.05, 3.63) is 59.4 Å². The van der Waals surface area contributed by atoms with Gasteiger partial charge in [-0.3, -0.25) is 4.79 Å². The molecule has 2 rings (SSSR count). The Hall–Kier alpha value is -2.16. The Kier molecular flexibility index (Phi) is 4.18. The van der Waals surface area contributed by atoms with Gasteiger partial charge in [0.25, 0.3) is 0 Å². The van der Waals surface area contributed by atoms with Crippen LogP contribution in [0.1, 0.15) is 42.6 Å². The van der Waals surface area contributed by atoms with Crippen LogP contribution in [0.3, 0.4) is 0 Å². The summed E-state index contributed by atoms with van der Waals surface area (Å²) in [6.07, 6.45) is 0. The molecule has 0 aliphatic carbocycles. The van der Waals surface area contributed by atoms with Gasteiger partial charge in [0.1, 0.15) is 17.3 Å². The van der Waals surface area contributed by atoms with Gasteiger partial charge in [-0.2, -0.15) is 0 Å². The summed E-state index contributed by atoms with van der Waals surface area (Å²) in [5.41, 5.74) is 1.01. The fourth-order valence-electron chi connectivity index (χ4n) is 2.10. The van der Waals surface area contributed by atoms with Gasteiger partial charge in [0.05, 0.1) is 5.56 Å². The van der Waals surface area contributed by atoms with Crippen molar-refractivity contribution in [1.29, 1.82) is 0 Å². The predicted molar refractivity (Wildman–Crippen MR) is 77.0 cm³/mol. The number of hydrogen-bond acceptors (Lipinski definition) is 2. The SMILES string of the molecule is CC(=O)c1c(F)cccc1Oc1ccccc1C(C)C. The number of carbonyl (C=O) groups excluding carboxylic acids is 1. The van der Waals surface area contributed by atoms with Crippen LogP contribution in [0.4, 0.5) is 4.39 Å². The van der Waals surface area contributed by atoms with Crippen molar-refractivity contribution in [3.8, 4) is 11.5 Å². The molecule has 0 unspecified atom stereocenters. The maximum absolute atomic E-state index is 13.8. The molecule has 3 heteroatoms. The molecule has 2 nitrogen and oxygen atoms in total. The zero-order valence-corrected chi connectivity index (χ0v) is 11.8. The summed E-state index contributed by atoms with van der Waals surface area (Å²) < 4.78 is 19.5. The van der Waals surface area contributed by atoms with E-state index in [1.807, 2.05) is 24.3 Å². The smallest absolute Gasteiger partial charge is 0.166 e. The average molecular weight is 272 g/mol. The van der Waals surface area contributed by atoms with Gasteiger partial charge in [-0.25, -0.2) is 4.39 Å². The van der Waals surface area contributed by atoms with E-state index in [2.05, 4.69) is 13.8 Å².